The Kier molecular flexibility index (Phi) is 7.06. The van der Waals surface area contributed by atoms with Crippen molar-refractivity contribution in [1.29, 1.82) is 0 Å². The van der Waals surface area contributed by atoms with Gasteiger partial charge in [-0.3, -0.25) is 24.2 Å². The van der Waals surface area contributed by atoms with E-state index in [9.17, 15) is 29.7 Å². The summed E-state index contributed by atoms with van der Waals surface area (Å²) in [7, 11) is 3.46. The lowest BCUT2D eigenvalue weighted by Crippen LogP contribution is -2.53. The summed E-state index contributed by atoms with van der Waals surface area (Å²) in [5.74, 6) is -5.37. The zero-order valence-corrected chi connectivity index (χ0v) is 23.7. The van der Waals surface area contributed by atoms with Crippen molar-refractivity contribution in [1.82, 2.24) is 9.80 Å². The van der Waals surface area contributed by atoms with Crippen LogP contribution in [-0.2, 0) is 16.0 Å². The van der Waals surface area contributed by atoms with Crippen LogP contribution in [0.5, 0.6) is 5.75 Å². The van der Waals surface area contributed by atoms with Crippen LogP contribution >= 0.6 is 0 Å². The number of hydrogen-bond donors (Lipinski definition) is 4. The molecular formula is C32H39N3O6. The molecule has 1 aromatic carbocycles. The van der Waals surface area contributed by atoms with E-state index in [4.69, 9.17) is 5.73 Å². The molecule has 5 N–H and O–H groups in total. The number of Topliss-reactive ketones (excluding diaryl/α,β-unsaturated/α-hetero) is 2. The van der Waals surface area contributed by atoms with Gasteiger partial charge in [-0.15, -0.1) is 0 Å². The third-order valence-electron chi connectivity index (χ3n) is 10.1. The molecule has 3 unspecified atom stereocenters. The van der Waals surface area contributed by atoms with Gasteiger partial charge in [0.25, 0.3) is 5.91 Å². The fourth-order valence-electron chi connectivity index (χ4n) is 8.28. The fraction of sp³-hybridized carbons (Fsp3) is 0.531. The Bertz CT molecular complexity index is 1420. The summed E-state index contributed by atoms with van der Waals surface area (Å²) in [5, 5.41) is 33.3. The molecule has 1 saturated carbocycles. The first-order chi connectivity index (χ1) is 19.6. The minimum Gasteiger partial charge on any atom is -0.511 e. The van der Waals surface area contributed by atoms with E-state index in [1.807, 2.05) is 6.07 Å². The second-order valence-corrected chi connectivity index (χ2v) is 12.6. The van der Waals surface area contributed by atoms with Crippen LogP contribution in [-0.4, -0.2) is 81.9 Å². The number of likely N-dealkylation sites (N-methyl/N-ethyl adjacent to an activating group) is 1. The van der Waals surface area contributed by atoms with Crippen LogP contribution in [0.3, 0.4) is 0 Å². The van der Waals surface area contributed by atoms with Crippen LogP contribution in [0.15, 0.2) is 40.9 Å². The van der Waals surface area contributed by atoms with E-state index in [0.29, 0.717) is 18.9 Å². The molecule has 0 saturated heterocycles. The summed E-state index contributed by atoms with van der Waals surface area (Å²) in [6.45, 7) is 1.82. The molecule has 0 radical (unpaired) electrons. The van der Waals surface area contributed by atoms with Gasteiger partial charge in [0.1, 0.15) is 22.8 Å². The Labute approximate surface area is 240 Å². The van der Waals surface area contributed by atoms with Gasteiger partial charge in [-0.1, -0.05) is 31.4 Å². The molecule has 1 aliphatic heterocycles. The third-order valence-corrected chi connectivity index (χ3v) is 10.1. The summed E-state index contributed by atoms with van der Waals surface area (Å²) >= 11 is 0. The average molecular weight is 562 g/mol. The number of rotatable bonds is 4. The first-order valence-electron chi connectivity index (χ1n) is 14.8. The van der Waals surface area contributed by atoms with Gasteiger partial charge in [0.2, 0.25) is 0 Å². The van der Waals surface area contributed by atoms with E-state index in [0.717, 1.165) is 36.2 Å². The number of benzene rings is 1. The number of aliphatic hydroxyl groups excluding tert-OH is 2. The van der Waals surface area contributed by atoms with Gasteiger partial charge in [0.15, 0.2) is 11.6 Å². The summed E-state index contributed by atoms with van der Waals surface area (Å²) in [6.07, 6.45) is 10.3. The van der Waals surface area contributed by atoms with Gasteiger partial charge in [-0.25, -0.2) is 0 Å². The number of primary amides is 1. The predicted molar refractivity (Wildman–Crippen MR) is 153 cm³/mol. The lowest BCUT2D eigenvalue weighted by atomic mass is 9.60. The normalized spacial score (nSPS) is 29.3. The standard InChI is InChI=1S/C32H39N3O6/c1-34(2)27-21-15-17-14-20-19(16-10-12-35(13-11-16)18-6-4-3-5-7-18)8-9-22(36)24(20)28(37)23(17)29(38)25(21)30(39)26(31(27)40)32(33)41/h8-10,17-18,21,25,27,36,38,40H,3-7,11-15H2,1-2H3,(H2,33,41)/t17?,21?,25?,27-/m0/s1. The van der Waals surface area contributed by atoms with Crippen molar-refractivity contribution in [3.63, 3.8) is 0 Å². The number of nitrogens with two attached hydrogens (primary N) is 1. The topological polar surface area (TPSA) is 144 Å². The van der Waals surface area contributed by atoms with Gasteiger partial charge < -0.3 is 21.1 Å². The van der Waals surface area contributed by atoms with Crippen LogP contribution in [0.25, 0.3) is 5.57 Å². The second kappa shape index (κ2) is 10.4. The molecule has 9 heteroatoms. The van der Waals surface area contributed by atoms with Crippen molar-refractivity contribution in [3.05, 3.63) is 57.6 Å². The highest BCUT2D eigenvalue weighted by molar-refractivity contribution is 6.22. The minimum atomic E-state index is -1.17. The molecular weight excluding hydrogens is 522 g/mol. The zero-order chi connectivity index (χ0) is 29.2. The summed E-state index contributed by atoms with van der Waals surface area (Å²) in [5.41, 5.74) is 8.11. The number of aliphatic hydroxyl groups is 2. The number of hydrogen-bond acceptors (Lipinski definition) is 8. The maximum atomic E-state index is 14.0. The number of carbonyl (C=O) groups excluding carboxylic acids is 3. The van der Waals surface area contributed by atoms with Crippen molar-refractivity contribution in [2.45, 2.75) is 63.5 Å². The highest BCUT2D eigenvalue weighted by Gasteiger charge is 2.54. The Hall–Kier alpha value is -3.43. The molecule has 4 aliphatic carbocycles. The Morgan fingerprint density at radius 3 is 2.41 bits per heavy atom. The third kappa shape index (κ3) is 4.41. The molecule has 0 aromatic heterocycles. The second-order valence-electron chi connectivity index (χ2n) is 12.6. The highest BCUT2D eigenvalue weighted by Crippen LogP contribution is 2.51. The number of phenols is 1. The lowest BCUT2D eigenvalue weighted by molar-refractivity contribution is -0.127. The number of nitrogens with zero attached hydrogens (tertiary/aromatic N) is 2. The number of ketones is 2. The van der Waals surface area contributed by atoms with E-state index in [1.54, 1.807) is 25.1 Å². The molecule has 9 nitrogen and oxygen atoms in total. The number of amides is 1. The molecule has 41 heavy (non-hydrogen) atoms. The molecule has 4 atom stereocenters. The molecule has 0 bridgehead atoms. The van der Waals surface area contributed by atoms with Crippen LogP contribution < -0.4 is 5.73 Å². The Morgan fingerprint density at radius 1 is 1.05 bits per heavy atom. The number of aromatic hydroxyl groups is 1. The molecule has 5 aliphatic rings. The quantitative estimate of drug-likeness (QED) is 0.410. The Morgan fingerprint density at radius 2 is 1.78 bits per heavy atom. The van der Waals surface area contributed by atoms with Gasteiger partial charge >= 0.3 is 0 Å². The minimum absolute atomic E-state index is 0.114. The monoisotopic (exact) mass is 561 g/mol. The zero-order valence-electron chi connectivity index (χ0n) is 23.7. The van der Waals surface area contributed by atoms with Gasteiger partial charge in [0, 0.05) is 24.7 Å². The lowest BCUT2D eigenvalue weighted by Gasteiger charge is -2.46. The number of fused-ring (bicyclic) bond motifs is 3. The van der Waals surface area contributed by atoms with Crippen molar-refractivity contribution < 1.29 is 29.7 Å². The van der Waals surface area contributed by atoms with Gasteiger partial charge in [0.05, 0.1) is 17.5 Å². The average Bonchev–Trinajstić information content (AvgIpc) is 2.93. The molecule has 1 fully saturated rings. The largest absolute Gasteiger partial charge is 0.511 e. The molecule has 1 aromatic rings. The summed E-state index contributed by atoms with van der Waals surface area (Å²) in [4.78, 5) is 43.8. The summed E-state index contributed by atoms with van der Waals surface area (Å²) < 4.78 is 0. The molecule has 6 rings (SSSR count). The van der Waals surface area contributed by atoms with E-state index in [-0.39, 0.29) is 28.4 Å². The summed E-state index contributed by atoms with van der Waals surface area (Å²) in [6, 6.07) is 3.34. The van der Waals surface area contributed by atoms with E-state index in [1.165, 1.54) is 32.1 Å². The van der Waals surface area contributed by atoms with Crippen LogP contribution in [0, 0.1) is 17.8 Å². The number of allylic oxidation sites excluding steroid dienone is 2. The van der Waals surface area contributed by atoms with Crippen molar-refractivity contribution in [2.24, 2.45) is 23.5 Å². The van der Waals surface area contributed by atoms with E-state index >= 15 is 0 Å². The van der Waals surface area contributed by atoms with E-state index in [2.05, 4.69) is 11.0 Å². The molecule has 0 spiro atoms. The van der Waals surface area contributed by atoms with Gasteiger partial charge in [-0.2, -0.15) is 0 Å². The van der Waals surface area contributed by atoms with Crippen molar-refractivity contribution in [2.75, 3.05) is 27.2 Å². The predicted octanol–water partition coefficient (Wildman–Crippen LogP) is 3.43. The van der Waals surface area contributed by atoms with Crippen molar-refractivity contribution in [3.8, 4) is 5.75 Å². The fourth-order valence-corrected chi connectivity index (χ4v) is 8.28. The smallest absolute Gasteiger partial charge is 0.255 e. The first-order valence-corrected chi connectivity index (χ1v) is 14.8. The van der Waals surface area contributed by atoms with Gasteiger partial charge in [-0.05, 0) is 80.8 Å². The number of carbonyl (C=O) groups is 3. The maximum absolute atomic E-state index is 14.0. The van der Waals surface area contributed by atoms with Crippen molar-refractivity contribution >= 4 is 23.0 Å². The first kappa shape index (κ1) is 27.7. The molecule has 1 amide bonds. The van der Waals surface area contributed by atoms with Crippen LogP contribution in [0.1, 0.15) is 66.4 Å². The molecule has 218 valence electrons. The highest BCUT2D eigenvalue weighted by atomic mass is 16.3. The Balaban J connectivity index is 1.38. The van der Waals surface area contributed by atoms with Crippen LogP contribution in [0.2, 0.25) is 0 Å². The SMILES string of the molecule is CN(C)[C@@H]1C(O)=C(C(N)=O)C(=O)C2C(O)=C3C(=O)c4c(O)ccc(C5=CCN(C6CCCCC6)CC5)c4CC3CC21. The number of phenolic OH excluding ortho intramolecular Hbond substituents is 1. The maximum Gasteiger partial charge on any atom is 0.255 e. The van der Waals surface area contributed by atoms with E-state index < -0.39 is 46.8 Å². The molecule has 1 heterocycles. The van der Waals surface area contributed by atoms with Crippen LogP contribution in [0.4, 0.5) is 0 Å².